The third kappa shape index (κ3) is 2.44. The van der Waals surface area contributed by atoms with Gasteiger partial charge < -0.3 is 5.32 Å². The highest BCUT2D eigenvalue weighted by Gasteiger charge is 2.07. The Bertz CT molecular complexity index is 768. The van der Waals surface area contributed by atoms with Gasteiger partial charge in [0.1, 0.15) is 6.33 Å². The number of para-hydroxylation sites is 3. The lowest BCUT2D eigenvalue weighted by Crippen LogP contribution is -2.27. The summed E-state index contributed by atoms with van der Waals surface area (Å²) in [6.07, 6.45) is 1.55. The predicted octanol–water partition coefficient (Wildman–Crippen LogP) is 3.47. The zero-order chi connectivity index (χ0) is 13.9. The third-order valence-electron chi connectivity index (χ3n) is 2.80. The van der Waals surface area contributed by atoms with Crippen LogP contribution in [0.1, 0.15) is 0 Å². The Morgan fingerprint density at radius 1 is 1.10 bits per heavy atom. The smallest absolute Gasteiger partial charge is 0.305 e. The van der Waals surface area contributed by atoms with Gasteiger partial charge in [-0.3, -0.25) is 0 Å². The number of fused-ring (bicyclic) bond motifs is 1. The molecule has 0 atom stereocenters. The lowest BCUT2D eigenvalue weighted by Gasteiger charge is -2.09. The molecule has 0 saturated heterocycles. The van der Waals surface area contributed by atoms with E-state index in [4.69, 9.17) is 11.6 Å². The Morgan fingerprint density at radius 2 is 1.85 bits per heavy atom. The van der Waals surface area contributed by atoms with Crippen LogP contribution in [-0.2, 0) is 0 Å². The molecule has 0 spiro atoms. The van der Waals surface area contributed by atoms with Crippen LogP contribution in [0, 0.1) is 0 Å². The van der Waals surface area contributed by atoms with E-state index in [9.17, 15) is 4.79 Å². The highest BCUT2D eigenvalue weighted by Crippen LogP contribution is 2.20. The molecule has 1 heterocycles. The molecule has 2 N–H and O–H groups in total. The van der Waals surface area contributed by atoms with Crippen LogP contribution >= 0.6 is 11.6 Å². The number of halogens is 1. The number of aromatic nitrogens is 2. The molecule has 0 aliphatic carbocycles. The van der Waals surface area contributed by atoms with Crippen molar-refractivity contribution in [2.45, 2.75) is 0 Å². The summed E-state index contributed by atoms with van der Waals surface area (Å²) in [4.78, 5) is 16.1. The van der Waals surface area contributed by atoms with Crippen LogP contribution in [0.4, 0.5) is 10.5 Å². The Hall–Kier alpha value is -2.53. The van der Waals surface area contributed by atoms with Crippen LogP contribution in [-0.4, -0.2) is 15.7 Å². The molecular weight excluding hydrogens is 276 g/mol. The topological polar surface area (TPSA) is 59.0 Å². The number of rotatable bonds is 2. The van der Waals surface area contributed by atoms with Crippen LogP contribution in [0.25, 0.3) is 11.0 Å². The van der Waals surface area contributed by atoms with Crippen LogP contribution < -0.4 is 10.7 Å². The number of carbonyl (C=O) groups excluding carboxylic acids is 1. The maximum atomic E-state index is 11.9. The molecule has 100 valence electrons. The summed E-state index contributed by atoms with van der Waals surface area (Å²) in [5, 5.41) is 3.17. The highest BCUT2D eigenvalue weighted by atomic mass is 35.5. The van der Waals surface area contributed by atoms with E-state index in [0.717, 1.165) is 11.0 Å². The number of amides is 2. The molecular formula is C14H11ClN4O. The van der Waals surface area contributed by atoms with E-state index in [2.05, 4.69) is 15.7 Å². The molecule has 0 radical (unpaired) electrons. The van der Waals surface area contributed by atoms with E-state index in [1.165, 1.54) is 0 Å². The molecule has 3 aromatic rings. The first kappa shape index (κ1) is 12.5. The van der Waals surface area contributed by atoms with Gasteiger partial charge >= 0.3 is 6.03 Å². The average Bonchev–Trinajstić information content (AvgIpc) is 2.85. The fraction of sp³-hybridized carbons (Fsp3) is 0. The van der Waals surface area contributed by atoms with Gasteiger partial charge in [-0.25, -0.2) is 19.9 Å². The molecule has 0 saturated carbocycles. The molecule has 5 nitrogen and oxygen atoms in total. The van der Waals surface area contributed by atoms with Gasteiger partial charge in [-0.2, -0.15) is 0 Å². The van der Waals surface area contributed by atoms with E-state index >= 15 is 0 Å². The number of nitrogens with zero attached hydrogens (tertiary/aromatic N) is 2. The van der Waals surface area contributed by atoms with Crippen molar-refractivity contribution in [1.82, 2.24) is 9.66 Å². The fourth-order valence-corrected chi connectivity index (χ4v) is 2.05. The number of carbonyl (C=O) groups is 1. The second kappa shape index (κ2) is 5.22. The Balaban J connectivity index is 1.78. The van der Waals surface area contributed by atoms with E-state index in [-0.39, 0.29) is 6.03 Å². The molecule has 0 unspecified atom stereocenters. The Morgan fingerprint density at radius 3 is 2.70 bits per heavy atom. The van der Waals surface area contributed by atoms with Gasteiger partial charge in [-0.15, -0.1) is 0 Å². The van der Waals surface area contributed by atoms with E-state index < -0.39 is 0 Å². The minimum Gasteiger partial charge on any atom is -0.305 e. The summed E-state index contributed by atoms with van der Waals surface area (Å²) >= 11 is 5.98. The second-order valence-corrected chi connectivity index (χ2v) is 4.56. The molecule has 2 amide bonds. The number of benzene rings is 2. The predicted molar refractivity (Wildman–Crippen MR) is 79.6 cm³/mol. The van der Waals surface area contributed by atoms with Crippen molar-refractivity contribution < 1.29 is 4.79 Å². The second-order valence-electron chi connectivity index (χ2n) is 4.15. The molecule has 6 heteroatoms. The van der Waals surface area contributed by atoms with Gasteiger partial charge in [-0.1, -0.05) is 35.9 Å². The average molecular weight is 287 g/mol. The Kier molecular flexibility index (Phi) is 3.26. The standard InChI is InChI=1S/C14H11ClN4O/c15-10-5-1-2-6-11(10)17-14(20)18-19-9-16-12-7-3-4-8-13(12)19/h1-9H,(H2,17,18,20). The zero-order valence-corrected chi connectivity index (χ0v) is 11.1. The van der Waals surface area contributed by atoms with Crippen LogP contribution in [0.15, 0.2) is 54.9 Å². The molecule has 0 bridgehead atoms. The van der Waals surface area contributed by atoms with E-state index in [0.29, 0.717) is 10.7 Å². The molecule has 0 aliphatic heterocycles. The van der Waals surface area contributed by atoms with Gasteiger partial charge in [-0.05, 0) is 24.3 Å². The minimum absolute atomic E-state index is 0.388. The number of nitrogens with one attached hydrogen (secondary N) is 2. The van der Waals surface area contributed by atoms with Crippen molar-refractivity contribution in [1.29, 1.82) is 0 Å². The lowest BCUT2D eigenvalue weighted by molar-refractivity contribution is 0.260. The monoisotopic (exact) mass is 286 g/mol. The molecule has 3 rings (SSSR count). The summed E-state index contributed by atoms with van der Waals surface area (Å²) < 4.78 is 1.56. The van der Waals surface area contributed by atoms with E-state index in [1.807, 2.05) is 24.3 Å². The first-order valence-corrected chi connectivity index (χ1v) is 6.36. The summed E-state index contributed by atoms with van der Waals surface area (Å²) in [5.41, 5.74) is 4.87. The molecule has 2 aromatic carbocycles. The van der Waals surface area contributed by atoms with E-state index in [1.54, 1.807) is 35.3 Å². The number of imidazole rings is 1. The van der Waals surface area contributed by atoms with Gasteiger partial charge in [0.05, 0.1) is 21.7 Å². The van der Waals surface area contributed by atoms with Gasteiger partial charge in [0.15, 0.2) is 0 Å². The minimum atomic E-state index is -0.388. The molecule has 0 fully saturated rings. The van der Waals surface area contributed by atoms with Gasteiger partial charge in [0.2, 0.25) is 0 Å². The van der Waals surface area contributed by atoms with Crippen molar-refractivity contribution in [3.63, 3.8) is 0 Å². The number of urea groups is 1. The van der Waals surface area contributed by atoms with Crippen molar-refractivity contribution >= 4 is 34.4 Å². The third-order valence-corrected chi connectivity index (χ3v) is 3.13. The fourth-order valence-electron chi connectivity index (χ4n) is 1.87. The summed E-state index contributed by atoms with van der Waals surface area (Å²) in [5.74, 6) is 0. The van der Waals surface area contributed by atoms with Crippen molar-refractivity contribution in [3.8, 4) is 0 Å². The highest BCUT2D eigenvalue weighted by molar-refractivity contribution is 6.33. The number of anilines is 1. The first-order chi connectivity index (χ1) is 9.74. The first-order valence-electron chi connectivity index (χ1n) is 5.99. The van der Waals surface area contributed by atoms with Crippen LogP contribution in [0.3, 0.4) is 0 Å². The molecule has 1 aromatic heterocycles. The van der Waals surface area contributed by atoms with Crippen LogP contribution in [0.2, 0.25) is 5.02 Å². The van der Waals surface area contributed by atoms with Crippen molar-refractivity contribution in [2.24, 2.45) is 0 Å². The lowest BCUT2D eigenvalue weighted by atomic mass is 10.3. The van der Waals surface area contributed by atoms with Crippen molar-refractivity contribution in [3.05, 3.63) is 59.9 Å². The SMILES string of the molecule is O=C(Nc1ccccc1Cl)Nn1cnc2ccccc21. The maximum Gasteiger partial charge on any atom is 0.338 e. The zero-order valence-electron chi connectivity index (χ0n) is 10.4. The maximum absolute atomic E-state index is 11.9. The number of hydrogen-bond donors (Lipinski definition) is 2. The molecule has 0 aliphatic rings. The normalized spacial score (nSPS) is 10.4. The number of hydrogen-bond acceptors (Lipinski definition) is 2. The summed E-state index contributed by atoms with van der Waals surface area (Å²) in [7, 11) is 0. The van der Waals surface area contributed by atoms with Gasteiger partial charge in [0.25, 0.3) is 0 Å². The quantitative estimate of drug-likeness (QED) is 0.758. The summed E-state index contributed by atoms with van der Waals surface area (Å²) in [6, 6.07) is 14.2. The Labute approximate surface area is 120 Å². The van der Waals surface area contributed by atoms with Crippen molar-refractivity contribution in [2.75, 3.05) is 10.7 Å². The largest absolute Gasteiger partial charge is 0.338 e. The van der Waals surface area contributed by atoms with Gasteiger partial charge in [0, 0.05) is 0 Å². The van der Waals surface area contributed by atoms with Crippen LogP contribution in [0.5, 0.6) is 0 Å². The summed E-state index contributed by atoms with van der Waals surface area (Å²) in [6.45, 7) is 0. The molecule has 20 heavy (non-hydrogen) atoms.